The van der Waals surface area contributed by atoms with Crippen LogP contribution in [0.3, 0.4) is 0 Å². The van der Waals surface area contributed by atoms with Gasteiger partial charge in [0, 0.05) is 34.9 Å². The van der Waals surface area contributed by atoms with E-state index < -0.39 is 0 Å². The third-order valence-electron chi connectivity index (χ3n) is 4.33. The standard InChI is InChI=1S/C20H18ClN7/c1-12(18-3-2-4-26-28-18)23-9-14-5-13-6-17(21)16(7-19(13)27-14)20-11-24-15(8-22)10-25-20/h2-7,10-11,23,27H,1,8-9,22H2. The number of hydrogen-bond donors (Lipinski definition) is 3. The van der Waals surface area contributed by atoms with E-state index in [1.54, 1.807) is 18.6 Å². The van der Waals surface area contributed by atoms with E-state index in [1.807, 2.05) is 30.3 Å². The van der Waals surface area contributed by atoms with Gasteiger partial charge in [-0.2, -0.15) is 5.10 Å². The van der Waals surface area contributed by atoms with E-state index in [4.69, 9.17) is 17.3 Å². The SMILES string of the molecule is C=C(NCc1cc2cc(Cl)c(-c3cnc(CN)cn3)cc2[nH]1)c1cccnn1. The van der Waals surface area contributed by atoms with E-state index in [-0.39, 0.29) is 0 Å². The molecule has 4 rings (SSSR count). The number of aromatic amines is 1. The monoisotopic (exact) mass is 391 g/mol. The first-order valence-electron chi connectivity index (χ1n) is 8.67. The Morgan fingerprint density at radius 2 is 2.11 bits per heavy atom. The quantitative estimate of drug-likeness (QED) is 0.465. The summed E-state index contributed by atoms with van der Waals surface area (Å²) >= 11 is 6.48. The molecular weight excluding hydrogens is 374 g/mol. The van der Waals surface area contributed by atoms with Gasteiger partial charge in [-0.15, -0.1) is 5.10 Å². The minimum Gasteiger partial charge on any atom is -0.378 e. The molecule has 1 aromatic carbocycles. The molecule has 3 heterocycles. The number of hydrogen-bond acceptors (Lipinski definition) is 6. The molecule has 0 saturated heterocycles. The average Bonchev–Trinajstić information content (AvgIpc) is 3.13. The van der Waals surface area contributed by atoms with Crippen molar-refractivity contribution in [3.05, 3.63) is 77.6 Å². The lowest BCUT2D eigenvalue weighted by Crippen LogP contribution is -2.12. The van der Waals surface area contributed by atoms with Crippen LogP contribution in [0.1, 0.15) is 17.1 Å². The molecule has 0 saturated carbocycles. The second-order valence-electron chi connectivity index (χ2n) is 6.25. The van der Waals surface area contributed by atoms with Crippen molar-refractivity contribution in [3.8, 4) is 11.3 Å². The van der Waals surface area contributed by atoms with Crippen LogP contribution in [0.4, 0.5) is 0 Å². The molecule has 0 fully saturated rings. The summed E-state index contributed by atoms with van der Waals surface area (Å²) in [5, 5.41) is 12.8. The fourth-order valence-corrected chi connectivity index (χ4v) is 3.13. The molecule has 0 aliphatic carbocycles. The van der Waals surface area contributed by atoms with E-state index in [1.165, 1.54) is 0 Å². The minimum atomic E-state index is 0.354. The summed E-state index contributed by atoms with van der Waals surface area (Å²) in [4.78, 5) is 12.1. The molecule has 8 heteroatoms. The van der Waals surface area contributed by atoms with Gasteiger partial charge in [-0.1, -0.05) is 18.2 Å². The van der Waals surface area contributed by atoms with Gasteiger partial charge in [-0.3, -0.25) is 9.97 Å². The lowest BCUT2D eigenvalue weighted by Gasteiger charge is -2.06. The lowest BCUT2D eigenvalue weighted by molar-refractivity contribution is 0.853. The van der Waals surface area contributed by atoms with Crippen molar-refractivity contribution in [3.63, 3.8) is 0 Å². The van der Waals surface area contributed by atoms with Crippen molar-refractivity contribution in [1.29, 1.82) is 0 Å². The van der Waals surface area contributed by atoms with Crippen LogP contribution >= 0.6 is 11.6 Å². The Morgan fingerprint density at radius 1 is 1.21 bits per heavy atom. The molecule has 7 nitrogen and oxygen atoms in total. The Kier molecular flexibility index (Phi) is 5.01. The summed E-state index contributed by atoms with van der Waals surface area (Å²) in [6.07, 6.45) is 4.98. The average molecular weight is 392 g/mol. The number of nitrogens with one attached hydrogen (secondary N) is 2. The van der Waals surface area contributed by atoms with Crippen LogP contribution < -0.4 is 11.1 Å². The van der Waals surface area contributed by atoms with Gasteiger partial charge in [0.1, 0.15) is 5.69 Å². The van der Waals surface area contributed by atoms with E-state index in [0.29, 0.717) is 35.2 Å². The molecule has 0 unspecified atom stereocenters. The molecule has 140 valence electrons. The highest BCUT2D eigenvalue weighted by atomic mass is 35.5. The summed E-state index contributed by atoms with van der Waals surface area (Å²) in [7, 11) is 0. The summed E-state index contributed by atoms with van der Waals surface area (Å²) in [6.45, 7) is 4.93. The number of aromatic nitrogens is 5. The fourth-order valence-electron chi connectivity index (χ4n) is 2.86. The Balaban J connectivity index is 1.56. The first-order chi connectivity index (χ1) is 13.6. The normalized spacial score (nSPS) is 10.9. The molecule has 28 heavy (non-hydrogen) atoms. The summed E-state index contributed by atoms with van der Waals surface area (Å²) in [5.41, 5.74) is 11.2. The van der Waals surface area contributed by atoms with Crippen LogP contribution in [0.15, 0.2) is 55.5 Å². The zero-order valence-corrected chi connectivity index (χ0v) is 15.7. The molecule has 0 atom stereocenters. The number of rotatable bonds is 6. The predicted octanol–water partition coefficient (Wildman–Crippen LogP) is 3.29. The third-order valence-corrected chi connectivity index (χ3v) is 4.64. The molecule has 0 radical (unpaired) electrons. The van der Waals surface area contributed by atoms with Crippen molar-refractivity contribution in [2.45, 2.75) is 13.1 Å². The molecule has 0 bridgehead atoms. The highest BCUT2D eigenvalue weighted by Gasteiger charge is 2.10. The highest BCUT2D eigenvalue weighted by molar-refractivity contribution is 6.34. The lowest BCUT2D eigenvalue weighted by atomic mass is 10.1. The molecule has 4 aromatic rings. The van der Waals surface area contributed by atoms with Crippen molar-refractivity contribution in [2.24, 2.45) is 5.73 Å². The fraction of sp³-hybridized carbons (Fsp3) is 0.100. The van der Waals surface area contributed by atoms with Crippen molar-refractivity contribution >= 4 is 28.2 Å². The third kappa shape index (κ3) is 3.71. The van der Waals surface area contributed by atoms with E-state index in [9.17, 15) is 0 Å². The largest absolute Gasteiger partial charge is 0.378 e. The maximum absolute atomic E-state index is 6.48. The van der Waals surface area contributed by atoms with Gasteiger partial charge in [0.25, 0.3) is 0 Å². The smallest absolute Gasteiger partial charge is 0.108 e. The summed E-state index contributed by atoms with van der Waals surface area (Å²) in [6, 6.07) is 9.62. The number of H-pyrrole nitrogens is 1. The maximum Gasteiger partial charge on any atom is 0.108 e. The zero-order chi connectivity index (χ0) is 19.5. The Hall–Kier alpha value is -3.29. The highest BCUT2D eigenvalue weighted by Crippen LogP contribution is 2.31. The van der Waals surface area contributed by atoms with Crippen molar-refractivity contribution in [1.82, 2.24) is 30.5 Å². The minimum absolute atomic E-state index is 0.354. The Labute approximate surface area is 166 Å². The molecular formula is C20H18ClN7. The van der Waals surface area contributed by atoms with Crippen LogP contribution in [0.25, 0.3) is 27.9 Å². The van der Waals surface area contributed by atoms with Crippen LogP contribution in [0.5, 0.6) is 0 Å². The number of nitrogens with two attached hydrogens (primary N) is 1. The first-order valence-corrected chi connectivity index (χ1v) is 9.05. The maximum atomic E-state index is 6.48. The van der Waals surface area contributed by atoms with Crippen molar-refractivity contribution in [2.75, 3.05) is 0 Å². The van der Waals surface area contributed by atoms with Crippen molar-refractivity contribution < 1.29 is 0 Å². The number of halogens is 1. The van der Waals surface area contributed by atoms with E-state index >= 15 is 0 Å². The van der Waals surface area contributed by atoms with Crippen LogP contribution in [0, 0.1) is 0 Å². The second-order valence-corrected chi connectivity index (χ2v) is 6.66. The molecule has 0 aliphatic rings. The van der Waals surface area contributed by atoms with Crippen LogP contribution in [0.2, 0.25) is 5.02 Å². The van der Waals surface area contributed by atoms with Gasteiger partial charge in [-0.05, 0) is 30.3 Å². The molecule has 0 amide bonds. The van der Waals surface area contributed by atoms with Gasteiger partial charge >= 0.3 is 0 Å². The topological polar surface area (TPSA) is 105 Å². The summed E-state index contributed by atoms with van der Waals surface area (Å²) < 4.78 is 0. The molecule has 0 spiro atoms. The van der Waals surface area contributed by atoms with Gasteiger partial charge < -0.3 is 16.0 Å². The van der Waals surface area contributed by atoms with Gasteiger partial charge in [0.15, 0.2) is 0 Å². The number of nitrogens with zero attached hydrogens (tertiary/aromatic N) is 4. The zero-order valence-electron chi connectivity index (χ0n) is 15.0. The van der Waals surface area contributed by atoms with Gasteiger partial charge in [0.05, 0.1) is 41.0 Å². The van der Waals surface area contributed by atoms with Crippen LogP contribution in [-0.2, 0) is 13.1 Å². The number of fused-ring (bicyclic) bond motifs is 1. The van der Waals surface area contributed by atoms with Crippen LogP contribution in [-0.4, -0.2) is 25.1 Å². The molecule has 3 aromatic heterocycles. The predicted molar refractivity (Wildman–Crippen MR) is 110 cm³/mol. The summed E-state index contributed by atoms with van der Waals surface area (Å²) in [5.74, 6) is 0. The van der Waals surface area contributed by atoms with E-state index in [0.717, 1.165) is 27.9 Å². The first kappa shape index (κ1) is 18.1. The Bertz CT molecular complexity index is 1120. The Morgan fingerprint density at radius 3 is 2.82 bits per heavy atom. The second kappa shape index (κ2) is 7.75. The molecule has 4 N–H and O–H groups in total. The molecule has 0 aliphatic heterocycles. The number of benzene rings is 1. The van der Waals surface area contributed by atoms with Gasteiger partial charge in [0.2, 0.25) is 0 Å². The van der Waals surface area contributed by atoms with Gasteiger partial charge in [-0.25, -0.2) is 0 Å². The van der Waals surface area contributed by atoms with E-state index in [2.05, 4.69) is 37.0 Å².